The quantitative estimate of drug-likeness (QED) is 0.418. The molecular weight excluding hydrogens is 367 g/mol. The number of carboxylic acid groups (broad SMARTS) is 1. The Morgan fingerprint density at radius 3 is 2.95 bits per heavy atom. The molecule has 0 saturated heterocycles. The molecule has 1 aromatic carbocycles. The lowest BCUT2D eigenvalue weighted by Crippen LogP contribution is -2.14. The molecule has 0 atom stereocenters. The average Bonchev–Trinajstić information content (AvgIpc) is 2.89. The van der Waals surface area contributed by atoms with Gasteiger partial charge in [-0.2, -0.15) is 0 Å². The van der Waals surface area contributed by atoms with Gasteiger partial charge in [-0.1, -0.05) is 11.8 Å². The number of amidine groups is 1. The van der Waals surface area contributed by atoms with Gasteiger partial charge in [-0.3, -0.25) is 10.2 Å². The van der Waals surface area contributed by atoms with E-state index in [2.05, 4.69) is 36.2 Å². The molecule has 2 aromatic rings. The molecule has 10 heteroatoms. The summed E-state index contributed by atoms with van der Waals surface area (Å²) in [6.45, 7) is 0. The second kappa shape index (κ2) is 6.68. The van der Waals surface area contributed by atoms with E-state index in [1.54, 1.807) is 0 Å². The van der Waals surface area contributed by atoms with E-state index in [4.69, 9.17) is 10.5 Å². The predicted octanol–water partition coefficient (Wildman–Crippen LogP) is 2.59. The molecule has 0 saturated carbocycles. The minimum atomic E-state index is -1.02. The highest BCUT2D eigenvalue weighted by Crippen LogP contribution is 2.22. The number of aromatic nitrogens is 2. The smallest absolute Gasteiger partial charge is 0.313 e. The number of aliphatic carboxylic acids is 1. The van der Waals surface area contributed by atoms with E-state index in [1.807, 2.05) is 0 Å². The number of nitrogens with one attached hydrogen (secondary N) is 2. The minimum Gasteiger partial charge on any atom is -0.481 e. The number of carboxylic acids is 1. The maximum Gasteiger partial charge on any atom is 0.313 e. The Morgan fingerprint density at radius 2 is 2.29 bits per heavy atom. The number of thioether (sulfide) groups is 1. The van der Waals surface area contributed by atoms with Crippen LogP contribution >= 0.6 is 27.7 Å². The van der Waals surface area contributed by atoms with Gasteiger partial charge in [0.1, 0.15) is 5.82 Å². The molecule has 2 rings (SSSR count). The maximum atomic E-state index is 13.1. The highest BCUT2D eigenvalue weighted by Gasteiger charge is 2.17. The molecule has 1 aromatic heterocycles. The summed E-state index contributed by atoms with van der Waals surface area (Å²) < 4.78 is 17.9. The van der Waals surface area contributed by atoms with Gasteiger partial charge in [-0.25, -0.2) is 9.02 Å². The lowest BCUT2D eigenvalue weighted by molar-refractivity contribution is -0.133. The van der Waals surface area contributed by atoms with Crippen LogP contribution in [0.25, 0.3) is 0 Å². The second-order valence-corrected chi connectivity index (χ2v) is 5.55. The lowest BCUT2D eigenvalue weighted by atomic mass is 10.3. The molecule has 0 aliphatic carbocycles. The van der Waals surface area contributed by atoms with Crippen LogP contribution in [-0.4, -0.2) is 33.0 Å². The summed E-state index contributed by atoms with van der Waals surface area (Å²) in [5.41, 5.74) is 0.548. The molecule has 21 heavy (non-hydrogen) atoms. The van der Waals surface area contributed by atoms with Crippen molar-refractivity contribution >= 4 is 45.2 Å². The maximum absolute atomic E-state index is 13.1. The van der Waals surface area contributed by atoms with Crippen molar-refractivity contribution in [3.63, 3.8) is 0 Å². The Hall–Kier alpha value is -1.94. The standard InChI is InChI=1S/C11H8BrFN4O3S/c12-6-3-5(1-2-7(6)13)15-10(14)9-11(17-20-16-9)21-4-8(18)19/h1-3H,4H2,(H2,14,15)(H,18,19). The SMILES string of the molecule is N=C(Nc1ccc(F)c(Br)c1)c1nonc1SCC(=O)O. The fourth-order valence-corrected chi connectivity index (χ4v) is 2.34. The van der Waals surface area contributed by atoms with Gasteiger partial charge in [0, 0.05) is 5.69 Å². The Kier molecular flexibility index (Phi) is 4.91. The molecule has 110 valence electrons. The molecule has 0 amide bonds. The van der Waals surface area contributed by atoms with E-state index in [9.17, 15) is 9.18 Å². The first kappa shape index (κ1) is 15.4. The van der Waals surface area contributed by atoms with Gasteiger partial charge < -0.3 is 10.4 Å². The second-order valence-electron chi connectivity index (χ2n) is 3.73. The molecule has 0 unspecified atom stereocenters. The van der Waals surface area contributed by atoms with Crippen molar-refractivity contribution in [2.24, 2.45) is 0 Å². The van der Waals surface area contributed by atoms with Crippen LogP contribution in [-0.2, 0) is 4.79 Å². The van der Waals surface area contributed by atoms with Crippen LogP contribution in [0.15, 0.2) is 32.3 Å². The molecule has 0 aliphatic heterocycles. The minimum absolute atomic E-state index is 0.0849. The average molecular weight is 375 g/mol. The van der Waals surface area contributed by atoms with Crippen LogP contribution in [0.2, 0.25) is 0 Å². The number of halogens is 2. The number of rotatable bonds is 5. The third-order valence-corrected chi connectivity index (χ3v) is 3.76. The van der Waals surface area contributed by atoms with Gasteiger partial charge >= 0.3 is 5.97 Å². The van der Waals surface area contributed by atoms with E-state index in [1.165, 1.54) is 18.2 Å². The van der Waals surface area contributed by atoms with E-state index >= 15 is 0 Å². The number of hydrogen-bond acceptors (Lipinski definition) is 6. The van der Waals surface area contributed by atoms with Crippen molar-refractivity contribution in [2.45, 2.75) is 5.03 Å². The van der Waals surface area contributed by atoms with Crippen molar-refractivity contribution in [1.29, 1.82) is 5.41 Å². The molecule has 7 nitrogen and oxygen atoms in total. The summed E-state index contributed by atoms with van der Waals surface area (Å²) in [5, 5.41) is 26.5. The number of hydrogen-bond donors (Lipinski definition) is 3. The van der Waals surface area contributed by atoms with Gasteiger partial charge in [0.25, 0.3) is 0 Å². The number of benzene rings is 1. The number of anilines is 1. The van der Waals surface area contributed by atoms with Gasteiger partial charge in [0.05, 0.1) is 10.2 Å². The van der Waals surface area contributed by atoms with Crippen molar-refractivity contribution in [3.8, 4) is 0 Å². The summed E-state index contributed by atoms with van der Waals surface area (Å²) in [6, 6.07) is 4.15. The molecule has 1 heterocycles. The van der Waals surface area contributed by atoms with Gasteiger partial charge in [0.2, 0.25) is 0 Å². The van der Waals surface area contributed by atoms with Crippen LogP contribution in [0.5, 0.6) is 0 Å². The summed E-state index contributed by atoms with van der Waals surface area (Å²) >= 11 is 3.93. The van der Waals surface area contributed by atoms with E-state index < -0.39 is 11.8 Å². The normalized spacial score (nSPS) is 10.4. The zero-order valence-corrected chi connectivity index (χ0v) is 12.7. The van der Waals surface area contributed by atoms with Gasteiger partial charge in [-0.15, -0.1) is 0 Å². The Labute approximate surface area is 130 Å². The molecule has 0 bridgehead atoms. The first-order valence-corrected chi connectivity index (χ1v) is 7.23. The van der Waals surface area contributed by atoms with Crippen molar-refractivity contribution in [2.75, 3.05) is 11.1 Å². The van der Waals surface area contributed by atoms with E-state index in [0.29, 0.717) is 5.69 Å². The first-order chi connectivity index (χ1) is 9.97. The summed E-state index contributed by atoms with van der Waals surface area (Å²) in [4.78, 5) is 10.5. The van der Waals surface area contributed by atoms with E-state index in [0.717, 1.165) is 11.8 Å². The van der Waals surface area contributed by atoms with Crippen molar-refractivity contribution in [1.82, 2.24) is 10.3 Å². The van der Waals surface area contributed by atoms with Crippen molar-refractivity contribution < 1.29 is 18.9 Å². The number of carbonyl (C=O) groups is 1. The largest absolute Gasteiger partial charge is 0.481 e. The lowest BCUT2D eigenvalue weighted by Gasteiger charge is -2.06. The fraction of sp³-hybridized carbons (Fsp3) is 0.0909. The van der Waals surface area contributed by atoms with Gasteiger partial charge in [0.15, 0.2) is 16.6 Å². The van der Waals surface area contributed by atoms with Crippen LogP contribution in [0.4, 0.5) is 10.1 Å². The van der Waals surface area contributed by atoms with Crippen LogP contribution in [0, 0.1) is 11.2 Å². The molecular formula is C11H8BrFN4O3S. The topological polar surface area (TPSA) is 112 Å². The van der Waals surface area contributed by atoms with E-state index in [-0.39, 0.29) is 26.8 Å². The third kappa shape index (κ3) is 4.02. The monoisotopic (exact) mass is 374 g/mol. The number of nitrogens with zero attached hydrogens (tertiary/aromatic N) is 2. The Balaban J connectivity index is 2.11. The molecule has 0 spiro atoms. The molecule has 3 N–H and O–H groups in total. The van der Waals surface area contributed by atoms with Gasteiger partial charge in [-0.05, 0) is 44.4 Å². The Morgan fingerprint density at radius 1 is 1.52 bits per heavy atom. The van der Waals surface area contributed by atoms with Crippen molar-refractivity contribution in [3.05, 3.63) is 34.2 Å². The summed E-state index contributed by atoms with van der Waals surface area (Å²) in [5.74, 6) is -1.80. The molecule has 0 aliphatic rings. The zero-order chi connectivity index (χ0) is 15.4. The molecule has 0 fully saturated rings. The third-order valence-electron chi connectivity index (χ3n) is 2.22. The summed E-state index contributed by atoms with van der Waals surface area (Å²) in [6.07, 6.45) is 0. The summed E-state index contributed by atoms with van der Waals surface area (Å²) in [7, 11) is 0. The van der Waals surface area contributed by atoms with Crippen LogP contribution in [0.3, 0.4) is 0 Å². The highest BCUT2D eigenvalue weighted by molar-refractivity contribution is 9.10. The first-order valence-electron chi connectivity index (χ1n) is 5.45. The zero-order valence-electron chi connectivity index (χ0n) is 10.3. The molecule has 0 radical (unpaired) electrons. The Bertz CT molecular complexity index is 694. The van der Waals surface area contributed by atoms with Crippen LogP contribution in [0.1, 0.15) is 5.69 Å². The van der Waals surface area contributed by atoms with Crippen LogP contribution < -0.4 is 5.32 Å². The predicted molar refractivity (Wildman–Crippen MR) is 77.2 cm³/mol. The highest BCUT2D eigenvalue weighted by atomic mass is 79.9. The fourth-order valence-electron chi connectivity index (χ4n) is 1.34.